The highest BCUT2D eigenvalue weighted by atomic mass is 19.4. The van der Waals surface area contributed by atoms with Crippen LogP contribution in [0.5, 0.6) is 11.5 Å². The van der Waals surface area contributed by atoms with E-state index in [1.807, 2.05) is 0 Å². The van der Waals surface area contributed by atoms with Gasteiger partial charge < -0.3 is 20.1 Å². The molecule has 0 bridgehead atoms. The smallest absolute Gasteiger partial charge is 0.418 e. The van der Waals surface area contributed by atoms with E-state index in [2.05, 4.69) is 0 Å². The van der Waals surface area contributed by atoms with Crippen molar-refractivity contribution in [1.82, 2.24) is 0 Å². The molecule has 0 aliphatic heterocycles. The zero-order valence-electron chi connectivity index (χ0n) is 16.5. The average Bonchev–Trinajstić information content (AvgIpc) is 2.74. The number of rotatable bonds is 6. The lowest BCUT2D eigenvalue weighted by atomic mass is 10.1. The molecule has 0 spiro atoms. The highest BCUT2D eigenvalue weighted by molar-refractivity contribution is 5.83. The third-order valence-corrected chi connectivity index (χ3v) is 4.55. The monoisotopic (exact) mass is 433 g/mol. The molecule has 0 aliphatic rings. The number of anilines is 4. The summed E-state index contributed by atoms with van der Waals surface area (Å²) in [5, 5.41) is 11.2. The summed E-state index contributed by atoms with van der Waals surface area (Å²) in [6.45, 7) is 0. The molecule has 162 valence electrons. The molecule has 0 radical (unpaired) electrons. The minimum absolute atomic E-state index is 0.356. The molecular formula is C21H18F3N3O4. The maximum atomic E-state index is 13.9. The summed E-state index contributed by atoms with van der Waals surface area (Å²) in [6, 6.07) is 14.0. The van der Waals surface area contributed by atoms with Gasteiger partial charge in [-0.15, -0.1) is 0 Å². The Morgan fingerprint density at radius 2 is 1.35 bits per heavy atom. The van der Waals surface area contributed by atoms with Crippen LogP contribution in [0.2, 0.25) is 0 Å². The first-order valence-electron chi connectivity index (χ1n) is 8.89. The van der Waals surface area contributed by atoms with Gasteiger partial charge in [-0.2, -0.15) is 13.2 Å². The largest absolute Gasteiger partial charge is 0.497 e. The maximum absolute atomic E-state index is 13.9. The Labute approximate surface area is 175 Å². The van der Waals surface area contributed by atoms with Crippen LogP contribution in [-0.2, 0) is 6.18 Å². The van der Waals surface area contributed by atoms with Gasteiger partial charge in [0.15, 0.2) is 0 Å². The number of methoxy groups -OCH3 is 2. The van der Waals surface area contributed by atoms with E-state index in [9.17, 15) is 23.3 Å². The Morgan fingerprint density at radius 3 is 1.71 bits per heavy atom. The van der Waals surface area contributed by atoms with Gasteiger partial charge >= 0.3 is 6.18 Å². The van der Waals surface area contributed by atoms with Gasteiger partial charge in [0.1, 0.15) is 17.2 Å². The van der Waals surface area contributed by atoms with Crippen molar-refractivity contribution in [3.63, 3.8) is 0 Å². The summed E-state index contributed by atoms with van der Waals surface area (Å²) in [5.41, 5.74) is 3.72. The highest BCUT2D eigenvalue weighted by Crippen LogP contribution is 2.46. The minimum atomic E-state index is -4.87. The van der Waals surface area contributed by atoms with Gasteiger partial charge in [0.25, 0.3) is 5.69 Å². The first-order valence-corrected chi connectivity index (χ1v) is 8.89. The van der Waals surface area contributed by atoms with Crippen molar-refractivity contribution >= 4 is 28.4 Å². The molecule has 0 fully saturated rings. The number of ether oxygens (including phenoxy) is 2. The molecule has 2 N–H and O–H groups in total. The fraction of sp³-hybridized carbons (Fsp3) is 0.143. The molecule has 7 nitrogen and oxygen atoms in total. The van der Waals surface area contributed by atoms with Crippen molar-refractivity contribution in [2.45, 2.75) is 6.18 Å². The van der Waals surface area contributed by atoms with Crippen molar-refractivity contribution in [3.05, 3.63) is 76.3 Å². The van der Waals surface area contributed by atoms with E-state index >= 15 is 0 Å². The highest BCUT2D eigenvalue weighted by Gasteiger charge is 2.38. The Kier molecular flexibility index (Phi) is 5.91. The molecule has 3 aromatic rings. The first-order chi connectivity index (χ1) is 14.7. The Hall–Kier alpha value is -3.95. The number of hydrogen-bond acceptors (Lipinski definition) is 6. The van der Waals surface area contributed by atoms with Crippen molar-refractivity contribution < 1.29 is 27.6 Å². The number of nitro benzene ring substituents is 1. The second kappa shape index (κ2) is 8.42. The van der Waals surface area contributed by atoms with Crippen LogP contribution in [0.3, 0.4) is 0 Å². The number of hydrogen-bond donors (Lipinski definition) is 1. The summed E-state index contributed by atoms with van der Waals surface area (Å²) < 4.78 is 52.0. The predicted octanol–water partition coefficient (Wildman–Crippen LogP) is 5.68. The average molecular weight is 433 g/mol. The topological polar surface area (TPSA) is 90.9 Å². The summed E-state index contributed by atoms with van der Waals surface area (Å²) in [7, 11) is 2.93. The van der Waals surface area contributed by atoms with Gasteiger partial charge in [-0.1, -0.05) is 0 Å². The van der Waals surface area contributed by atoms with Gasteiger partial charge in [0.05, 0.1) is 30.4 Å². The number of nitrogen functional groups attached to an aromatic ring is 1. The van der Waals surface area contributed by atoms with Gasteiger partial charge in [-0.25, -0.2) is 0 Å². The fourth-order valence-corrected chi connectivity index (χ4v) is 3.05. The lowest BCUT2D eigenvalue weighted by Crippen LogP contribution is -2.17. The lowest BCUT2D eigenvalue weighted by Gasteiger charge is -2.28. The predicted molar refractivity (Wildman–Crippen MR) is 110 cm³/mol. The van der Waals surface area contributed by atoms with Gasteiger partial charge in [0, 0.05) is 17.4 Å². The lowest BCUT2D eigenvalue weighted by molar-refractivity contribution is -0.384. The summed E-state index contributed by atoms with van der Waals surface area (Å²) in [6.07, 6.45) is -4.87. The van der Waals surface area contributed by atoms with Crippen molar-refractivity contribution in [2.75, 3.05) is 24.9 Å². The summed E-state index contributed by atoms with van der Waals surface area (Å²) >= 11 is 0. The molecule has 0 aliphatic carbocycles. The summed E-state index contributed by atoms with van der Waals surface area (Å²) in [4.78, 5) is 11.5. The molecule has 0 aromatic heterocycles. The van der Waals surface area contributed by atoms with E-state index < -0.39 is 22.4 Å². The molecule has 0 unspecified atom stereocenters. The minimum Gasteiger partial charge on any atom is -0.497 e. The molecule has 3 aromatic carbocycles. The molecule has 3 rings (SSSR count). The van der Waals surface area contributed by atoms with E-state index in [4.69, 9.17) is 15.2 Å². The van der Waals surface area contributed by atoms with Crippen LogP contribution in [0, 0.1) is 10.1 Å². The normalized spacial score (nSPS) is 11.1. The van der Waals surface area contributed by atoms with Crippen LogP contribution in [0.1, 0.15) is 5.56 Å². The molecular weight excluding hydrogens is 415 g/mol. The zero-order valence-corrected chi connectivity index (χ0v) is 16.5. The van der Waals surface area contributed by atoms with Gasteiger partial charge in [-0.05, 0) is 54.6 Å². The van der Waals surface area contributed by atoms with Crippen molar-refractivity contribution in [3.8, 4) is 11.5 Å². The second-order valence-corrected chi connectivity index (χ2v) is 6.41. The van der Waals surface area contributed by atoms with E-state index in [0.29, 0.717) is 28.9 Å². The molecule has 0 heterocycles. The van der Waals surface area contributed by atoms with Crippen molar-refractivity contribution in [1.29, 1.82) is 0 Å². The Balaban J connectivity index is 2.30. The van der Waals surface area contributed by atoms with E-state index in [-0.39, 0.29) is 11.4 Å². The van der Waals surface area contributed by atoms with Crippen LogP contribution in [-0.4, -0.2) is 19.1 Å². The van der Waals surface area contributed by atoms with Crippen LogP contribution < -0.4 is 20.1 Å². The third-order valence-electron chi connectivity index (χ3n) is 4.55. The second-order valence-electron chi connectivity index (χ2n) is 6.41. The number of halogens is 3. The van der Waals surface area contributed by atoms with Crippen LogP contribution in [0.25, 0.3) is 0 Å². The molecule has 0 saturated carbocycles. The quantitative estimate of drug-likeness (QED) is 0.305. The number of alkyl halides is 3. The number of benzene rings is 3. The van der Waals surface area contributed by atoms with E-state index in [1.54, 1.807) is 48.5 Å². The number of nitrogens with zero attached hydrogens (tertiary/aromatic N) is 2. The molecule has 31 heavy (non-hydrogen) atoms. The SMILES string of the molecule is COc1ccc(N(c2ccc(OC)cc2)c2cc(N)c([N+](=O)[O-])cc2C(F)(F)F)cc1. The third kappa shape index (κ3) is 4.47. The van der Waals surface area contributed by atoms with Crippen LogP contribution in [0.4, 0.5) is 41.6 Å². The standard InChI is InChI=1S/C21H18F3N3O4/c1-30-15-7-3-13(4-8-15)26(14-5-9-16(31-2)10-6-14)19-12-18(25)20(27(28)29)11-17(19)21(22,23)24/h3-12H,25H2,1-2H3. The molecule has 10 heteroatoms. The van der Waals surface area contributed by atoms with E-state index in [1.165, 1.54) is 19.1 Å². The molecule has 0 atom stereocenters. The molecule has 0 saturated heterocycles. The Morgan fingerprint density at radius 1 is 0.903 bits per heavy atom. The van der Waals surface area contributed by atoms with Crippen molar-refractivity contribution in [2.24, 2.45) is 0 Å². The number of nitrogens with two attached hydrogens (primary N) is 1. The van der Waals surface area contributed by atoms with Gasteiger partial charge in [-0.3, -0.25) is 10.1 Å². The summed E-state index contributed by atoms with van der Waals surface area (Å²) in [5.74, 6) is 1.02. The fourth-order valence-electron chi connectivity index (χ4n) is 3.05. The Bertz CT molecular complexity index is 1040. The number of nitro groups is 1. The van der Waals surface area contributed by atoms with Crippen LogP contribution >= 0.6 is 0 Å². The van der Waals surface area contributed by atoms with Gasteiger partial charge in [0.2, 0.25) is 0 Å². The zero-order chi connectivity index (χ0) is 22.8. The first kappa shape index (κ1) is 21.8. The molecule has 0 amide bonds. The maximum Gasteiger partial charge on any atom is 0.418 e. The van der Waals surface area contributed by atoms with Crippen LogP contribution in [0.15, 0.2) is 60.7 Å². The van der Waals surface area contributed by atoms with E-state index in [0.717, 1.165) is 6.07 Å².